The minimum Gasteiger partial charge on any atom is -0.391 e. The van der Waals surface area contributed by atoms with Crippen LogP contribution in [0.3, 0.4) is 0 Å². The molecule has 1 unspecified atom stereocenters. The Labute approximate surface area is 95.3 Å². The highest BCUT2D eigenvalue weighted by Crippen LogP contribution is 2.18. The van der Waals surface area contributed by atoms with Crippen molar-refractivity contribution in [1.82, 2.24) is 9.97 Å². The number of aromatic nitrogens is 2. The van der Waals surface area contributed by atoms with Gasteiger partial charge in [-0.2, -0.15) is 4.98 Å². The predicted molar refractivity (Wildman–Crippen MR) is 64.0 cm³/mol. The molecule has 0 saturated heterocycles. The van der Waals surface area contributed by atoms with E-state index in [9.17, 15) is 5.11 Å². The van der Waals surface area contributed by atoms with Crippen LogP contribution in [0.5, 0.6) is 0 Å². The van der Waals surface area contributed by atoms with Crippen LogP contribution in [-0.2, 0) is 0 Å². The molecule has 16 heavy (non-hydrogen) atoms. The Bertz CT molecular complexity index is 364. The summed E-state index contributed by atoms with van der Waals surface area (Å²) < 4.78 is 0. The molecule has 0 amide bonds. The van der Waals surface area contributed by atoms with Crippen LogP contribution in [0.15, 0.2) is 6.07 Å². The summed E-state index contributed by atoms with van der Waals surface area (Å²) in [6.45, 7) is 7.36. The third-order valence-corrected chi connectivity index (χ3v) is 2.48. The Morgan fingerprint density at radius 1 is 1.44 bits per heavy atom. The van der Waals surface area contributed by atoms with Crippen molar-refractivity contribution in [3.8, 4) is 0 Å². The minimum atomic E-state index is -0.503. The lowest BCUT2D eigenvalue weighted by molar-refractivity contribution is 0.133. The van der Waals surface area contributed by atoms with Gasteiger partial charge < -0.3 is 10.4 Å². The smallest absolute Gasteiger partial charge is 0.239 e. The summed E-state index contributed by atoms with van der Waals surface area (Å²) in [5.74, 6) is 6.24. The lowest BCUT2D eigenvalue weighted by Crippen LogP contribution is -2.42. The largest absolute Gasteiger partial charge is 0.391 e. The molecular formula is C10H19N5O. The lowest BCUT2D eigenvalue weighted by atomic mass is 9.99. The summed E-state index contributed by atoms with van der Waals surface area (Å²) >= 11 is 0. The molecule has 0 aliphatic rings. The van der Waals surface area contributed by atoms with E-state index in [1.54, 1.807) is 13.0 Å². The zero-order valence-electron chi connectivity index (χ0n) is 10.1. The van der Waals surface area contributed by atoms with Gasteiger partial charge >= 0.3 is 0 Å². The van der Waals surface area contributed by atoms with Crippen molar-refractivity contribution in [1.29, 1.82) is 0 Å². The van der Waals surface area contributed by atoms with E-state index < -0.39 is 11.6 Å². The van der Waals surface area contributed by atoms with Gasteiger partial charge in [0.1, 0.15) is 5.82 Å². The fourth-order valence-electron chi connectivity index (χ4n) is 1.13. The Balaban J connectivity index is 2.93. The number of hydrogen-bond acceptors (Lipinski definition) is 6. The molecule has 1 aromatic rings. The van der Waals surface area contributed by atoms with Crippen LogP contribution < -0.4 is 16.6 Å². The van der Waals surface area contributed by atoms with Gasteiger partial charge in [-0.05, 0) is 27.7 Å². The van der Waals surface area contributed by atoms with E-state index in [0.29, 0.717) is 11.8 Å². The second-order valence-corrected chi connectivity index (χ2v) is 4.39. The van der Waals surface area contributed by atoms with Gasteiger partial charge in [0.15, 0.2) is 0 Å². The normalized spacial score (nSPS) is 13.4. The molecule has 0 saturated carbocycles. The molecule has 0 aliphatic heterocycles. The average Bonchev–Trinajstić information content (AvgIpc) is 2.15. The van der Waals surface area contributed by atoms with Crippen molar-refractivity contribution < 1.29 is 5.11 Å². The van der Waals surface area contributed by atoms with Crippen LogP contribution in [0, 0.1) is 6.92 Å². The molecular weight excluding hydrogens is 206 g/mol. The summed E-state index contributed by atoms with van der Waals surface area (Å²) in [6, 6.07) is 1.80. The van der Waals surface area contributed by atoms with Crippen molar-refractivity contribution in [2.45, 2.75) is 39.3 Å². The Kier molecular flexibility index (Phi) is 3.66. The minimum absolute atomic E-state index is 0.351. The summed E-state index contributed by atoms with van der Waals surface area (Å²) in [7, 11) is 0. The summed E-state index contributed by atoms with van der Waals surface area (Å²) in [6.07, 6.45) is -0.503. The Morgan fingerprint density at radius 3 is 2.56 bits per heavy atom. The van der Waals surface area contributed by atoms with Gasteiger partial charge in [-0.1, -0.05) is 0 Å². The molecule has 1 atom stereocenters. The van der Waals surface area contributed by atoms with E-state index in [1.165, 1.54) is 0 Å². The van der Waals surface area contributed by atoms with Crippen LogP contribution in [-0.4, -0.2) is 26.7 Å². The number of hydrogen-bond donors (Lipinski definition) is 4. The third-order valence-electron chi connectivity index (χ3n) is 2.48. The first-order valence-corrected chi connectivity index (χ1v) is 5.13. The SMILES string of the molecule is Cc1cc(NC(C)(C)C(C)O)nc(NN)n1. The van der Waals surface area contributed by atoms with Gasteiger partial charge in [0.25, 0.3) is 0 Å². The standard InChI is InChI=1S/C10H19N5O/c1-6-5-8(13-9(12-6)15-11)14-10(3,4)7(2)16/h5,7,16H,11H2,1-4H3,(H2,12,13,14,15). The van der Waals surface area contributed by atoms with Crippen LogP contribution in [0.1, 0.15) is 26.5 Å². The maximum absolute atomic E-state index is 9.59. The number of aliphatic hydroxyl groups excluding tert-OH is 1. The van der Waals surface area contributed by atoms with Crippen LogP contribution in [0.2, 0.25) is 0 Å². The van der Waals surface area contributed by atoms with Crippen molar-refractivity contribution in [3.63, 3.8) is 0 Å². The van der Waals surface area contributed by atoms with Gasteiger partial charge in [0.2, 0.25) is 5.95 Å². The molecule has 5 N–H and O–H groups in total. The van der Waals surface area contributed by atoms with Crippen molar-refractivity contribution >= 4 is 11.8 Å². The quantitative estimate of drug-likeness (QED) is 0.443. The number of nitrogens with one attached hydrogen (secondary N) is 2. The molecule has 0 aliphatic carbocycles. The fourth-order valence-corrected chi connectivity index (χ4v) is 1.13. The summed E-state index contributed by atoms with van der Waals surface area (Å²) in [4.78, 5) is 8.23. The van der Waals surface area contributed by atoms with E-state index in [0.717, 1.165) is 5.69 Å². The molecule has 1 rings (SSSR count). The van der Waals surface area contributed by atoms with Crippen molar-refractivity contribution in [2.75, 3.05) is 10.7 Å². The van der Waals surface area contributed by atoms with E-state index in [-0.39, 0.29) is 0 Å². The van der Waals surface area contributed by atoms with Crippen LogP contribution >= 0.6 is 0 Å². The third kappa shape index (κ3) is 3.04. The van der Waals surface area contributed by atoms with Gasteiger partial charge in [-0.25, -0.2) is 10.8 Å². The maximum Gasteiger partial charge on any atom is 0.239 e. The number of anilines is 2. The van der Waals surface area contributed by atoms with Gasteiger partial charge in [-0.15, -0.1) is 0 Å². The molecule has 1 heterocycles. The number of aryl methyl sites for hydroxylation is 1. The lowest BCUT2D eigenvalue weighted by Gasteiger charge is -2.30. The Hall–Kier alpha value is -1.40. The fraction of sp³-hybridized carbons (Fsp3) is 0.600. The maximum atomic E-state index is 9.59. The molecule has 0 aromatic carbocycles. The second kappa shape index (κ2) is 4.63. The number of nitrogens with zero attached hydrogens (tertiary/aromatic N) is 2. The summed E-state index contributed by atoms with van der Waals surface area (Å²) in [5, 5.41) is 12.7. The molecule has 6 heteroatoms. The van der Waals surface area contributed by atoms with E-state index >= 15 is 0 Å². The van der Waals surface area contributed by atoms with Crippen LogP contribution in [0.25, 0.3) is 0 Å². The number of nitrogens with two attached hydrogens (primary N) is 1. The van der Waals surface area contributed by atoms with Gasteiger partial charge in [0, 0.05) is 11.8 Å². The zero-order chi connectivity index (χ0) is 12.3. The first kappa shape index (κ1) is 12.7. The number of nitrogen functional groups attached to an aromatic ring is 1. The average molecular weight is 225 g/mol. The molecule has 6 nitrogen and oxygen atoms in total. The number of rotatable bonds is 4. The second-order valence-electron chi connectivity index (χ2n) is 4.39. The predicted octanol–water partition coefficient (Wildman–Crippen LogP) is 0.642. The highest BCUT2D eigenvalue weighted by molar-refractivity contribution is 5.43. The number of hydrazine groups is 1. The first-order valence-electron chi connectivity index (χ1n) is 5.13. The molecule has 1 aromatic heterocycles. The van der Waals surface area contributed by atoms with E-state index in [2.05, 4.69) is 20.7 Å². The molecule has 0 fully saturated rings. The van der Waals surface area contributed by atoms with E-state index in [4.69, 9.17) is 5.84 Å². The number of aliphatic hydroxyl groups is 1. The zero-order valence-corrected chi connectivity index (χ0v) is 10.1. The highest BCUT2D eigenvalue weighted by Gasteiger charge is 2.24. The van der Waals surface area contributed by atoms with Crippen molar-refractivity contribution in [3.05, 3.63) is 11.8 Å². The monoisotopic (exact) mass is 225 g/mol. The van der Waals surface area contributed by atoms with Gasteiger partial charge in [0.05, 0.1) is 11.6 Å². The summed E-state index contributed by atoms with van der Waals surface area (Å²) in [5.41, 5.74) is 2.73. The molecule has 0 bridgehead atoms. The van der Waals surface area contributed by atoms with E-state index in [1.807, 2.05) is 20.8 Å². The van der Waals surface area contributed by atoms with Crippen LogP contribution in [0.4, 0.5) is 11.8 Å². The first-order chi connectivity index (χ1) is 7.35. The Morgan fingerprint density at radius 2 is 2.06 bits per heavy atom. The molecule has 0 spiro atoms. The topological polar surface area (TPSA) is 96.1 Å². The van der Waals surface area contributed by atoms with Gasteiger partial charge in [-0.3, -0.25) is 5.43 Å². The molecule has 0 radical (unpaired) electrons. The highest BCUT2D eigenvalue weighted by atomic mass is 16.3. The molecule has 90 valence electrons. The van der Waals surface area contributed by atoms with Crippen molar-refractivity contribution in [2.24, 2.45) is 5.84 Å².